The van der Waals surface area contributed by atoms with Crippen LogP contribution in [0, 0.1) is 5.92 Å². The lowest BCUT2D eigenvalue weighted by Crippen LogP contribution is -2.50. The average molecular weight is 481 g/mol. The maximum absolute atomic E-state index is 13.4. The van der Waals surface area contributed by atoms with Gasteiger partial charge in [-0.15, -0.1) is 0 Å². The van der Waals surface area contributed by atoms with Gasteiger partial charge in [-0.1, -0.05) is 29.8 Å². The first-order chi connectivity index (χ1) is 16.6. The van der Waals surface area contributed by atoms with Crippen molar-refractivity contribution >= 4 is 34.3 Å². The molecule has 5 rings (SSSR count). The van der Waals surface area contributed by atoms with Gasteiger partial charge >= 0.3 is 0 Å². The topological polar surface area (TPSA) is 78.5 Å². The Morgan fingerprint density at radius 3 is 2.56 bits per heavy atom. The molecule has 2 atom stereocenters. The van der Waals surface area contributed by atoms with Gasteiger partial charge in [0.25, 0.3) is 5.91 Å². The van der Waals surface area contributed by atoms with E-state index >= 15 is 0 Å². The molecule has 0 radical (unpaired) electrons. The number of ether oxygens (including phenoxy) is 1. The van der Waals surface area contributed by atoms with Crippen LogP contribution < -0.4 is 4.74 Å². The largest absolute Gasteiger partial charge is 0.490 e. The number of hydrogen-bond donors (Lipinski definition) is 1. The Kier molecular flexibility index (Phi) is 6.72. The molecule has 0 aliphatic carbocycles. The smallest absolute Gasteiger partial charge is 0.275 e. The van der Waals surface area contributed by atoms with Crippen LogP contribution in [0.3, 0.4) is 0 Å². The third kappa shape index (κ3) is 4.89. The molecule has 0 saturated carbocycles. The van der Waals surface area contributed by atoms with Crippen LogP contribution in [0.2, 0.25) is 5.02 Å². The zero-order valence-electron chi connectivity index (χ0n) is 19.1. The summed E-state index contributed by atoms with van der Waals surface area (Å²) < 4.78 is 6.31. The van der Waals surface area contributed by atoms with Crippen LogP contribution in [0.4, 0.5) is 0 Å². The molecule has 3 heterocycles. The van der Waals surface area contributed by atoms with E-state index in [0.29, 0.717) is 36.6 Å². The summed E-state index contributed by atoms with van der Waals surface area (Å²) in [5, 5.41) is 8.70. The van der Waals surface area contributed by atoms with Crippen molar-refractivity contribution in [2.45, 2.75) is 38.2 Å². The standard InChI is InChI=1S/C26H29ClN4O3/c27-19-8-10-20(11-9-19)34-23-12-15-31(17-18(23)16-24(32)30-13-4-1-5-14-30)26(33)25-21-6-2-3-7-22(21)28-29-25/h2-3,6-11,18,23H,1,4-5,12-17H2,(H,28,29)/t18-,23-/m0/s1. The van der Waals surface area contributed by atoms with Crippen molar-refractivity contribution in [3.63, 3.8) is 0 Å². The molecular weight excluding hydrogens is 452 g/mol. The molecule has 2 aliphatic heterocycles. The van der Waals surface area contributed by atoms with Gasteiger partial charge < -0.3 is 14.5 Å². The summed E-state index contributed by atoms with van der Waals surface area (Å²) in [5.74, 6) is 0.655. The Labute approximate surface area is 204 Å². The summed E-state index contributed by atoms with van der Waals surface area (Å²) in [6.07, 6.45) is 4.14. The zero-order chi connectivity index (χ0) is 23.5. The molecule has 3 aromatic rings. The molecule has 178 valence electrons. The summed E-state index contributed by atoms with van der Waals surface area (Å²) >= 11 is 6.02. The van der Waals surface area contributed by atoms with Gasteiger partial charge in [-0.3, -0.25) is 14.7 Å². The number of benzene rings is 2. The highest BCUT2D eigenvalue weighted by atomic mass is 35.5. The second kappa shape index (κ2) is 10.1. The number of likely N-dealkylation sites (tertiary alicyclic amines) is 2. The Morgan fingerprint density at radius 1 is 1.00 bits per heavy atom. The highest BCUT2D eigenvalue weighted by Crippen LogP contribution is 2.29. The van der Waals surface area contributed by atoms with Gasteiger partial charge in [0.1, 0.15) is 11.9 Å². The fourth-order valence-corrected chi connectivity index (χ4v) is 5.13. The second-order valence-corrected chi connectivity index (χ2v) is 9.61. The number of fused-ring (bicyclic) bond motifs is 1. The van der Waals surface area contributed by atoms with Crippen molar-refractivity contribution < 1.29 is 14.3 Å². The van der Waals surface area contributed by atoms with Crippen LogP contribution in [0.15, 0.2) is 48.5 Å². The number of para-hydroxylation sites is 1. The quantitative estimate of drug-likeness (QED) is 0.582. The number of H-pyrrole nitrogens is 1. The number of aromatic nitrogens is 2. The third-order valence-corrected chi connectivity index (χ3v) is 7.12. The van der Waals surface area contributed by atoms with Crippen LogP contribution in [0.25, 0.3) is 10.9 Å². The van der Waals surface area contributed by atoms with E-state index in [-0.39, 0.29) is 23.8 Å². The molecule has 34 heavy (non-hydrogen) atoms. The number of piperidine rings is 2. The Bertz CT molecular complexity index is 1160. The van der Waals surface area contributed by atoms with E-state index in [1.807, 2.05) is 46.2 Å². The van der Waals surface area contributed by atoms with Gasteiger partial charge in [0, 0.05) is 55.3 Å². The van der Waals surface area contributed by atoms with Gasteiger partial charge in [-0.05, 0) is 49.6 Å². The predicted molar refractivity (Wildman–Crippen MR) is 131 cm³/mol. The van der Waals surface area contributed by atoms with Crippen molar-refractivity contribution in [2.75, 3.05) is 26.2 Å². The van der Waals surface area contributed by atoms with E-state index in [9.17, 15) is 9.59 Å². The SMILES string of the molecule is O=C(C[C@H]1CN(C(=O)c2n[nH]c3ccccc23)CC[C@@H]1Oc1ccc(Cl)cc1)N1CCCCC1. The van der Waals surface area contributed by atoms with Crippen molar-refractivity contribution in [1.82, 2.24) is 20.0 Å². The molecule has 1 N–H and O–H groups in total. The molecule has 2 fully saturated rings. The molecule has 2 aliphatic rings. The maximum Gasteiger partial charge on any atom is 0.275 e. The summed E-state index contributed by atoms with van der Waals surface area (Å²) in [5.41, 5.74) is 1.26. The summed E-state index contributed by atoms with van der Waals surface area (Å²) in [7, 11) is 0. The fraction of sp³-hybridized carbons (Fsp3) is 0.423. The molecular formula is C26H29ClN4O3. The lowest BCUT2D eigenvalue weighted by molar-refractivity contribution is -0.134. The Hall–Kier alpha value is -3.06. The van der Waals surface area contributed by atoms with Crippen LogP contribution in [0.5, 0.6) is 5.75 Å². The van der Waals surface area contributed by atoms with E-state index in [0.717, 1.165) is 42.6 Å². The van der Waals surface area contributed by atoms with Crippen LogP contribution in [-0.2, 0) is 4.79 Å². The van der Waals surface area contributed by atoms with Crippen LogP contribution >= 0.6 is 11.6 Å². The monoisotopic (exact) mass is 480 g/mol. The summed E-state index contributed by atoms with van der Waals surface area (Å²) in [6, 6.07) is 14.9. The molecule has 1 aromatic heterocycles. The predicted octanol–water partition coefficient (Wildman–Crippen LogP) is 4.53. The third-order valence-electron chi connectivity index (χ3n) is 6.87. The van der Waals surface area contributed by atoms with Crippen molar-refractivity contribution in [3.05, 3.63) is 59.2 Å². The van der Waals surface area contributed by atoms with Gasteiger partial charge in [-0.2, -0.15) is 5.10 Å². The zero-order valence-corrected chi connectivity index (χ0v) is 19.8. The number of amides is 2. The molecule has 0 spiro atoms. The summed E-state index contributed by atoms with van der Waals surface area (Å²) in [4.78, 5) is 30.3. The first kappa shape index (κ1) is 22.7. The molecule has 2 amide bonds. The van der Waals surface area contributed by atoms with Gasteiger partial charge in [-0.25, -0.2) is 0 Å². The molecule has 2 saturated heterocycles. The van der Waals surface area contributed by atoms with E-state index in [1.165, 1.54) is 6.42 Å². The molecule has 8 heteroatoms. The van der Waals surface area contributed by atoms with E-state index in [2.05, 4.69) is 10.2 Å². The van der Waals surface area contributed by atoms with Crippen LogP contribution in [-0.4, -0.2) is 64.1 Å². The van der Waals surface area contributed by atoms with Crippen LogP contribution in [0.1, 0.15) is 42.6 Å². The Morgan fingerprint density at radius 2 is 1.76 bits per heavy atom. The Balaban J connectivity index is 1.34. The second-order valence-electron chi connectivity index (χ2n) is 9.17. The number of aromatic amines is 1. The minimum absolute atomic E-state index is 0.104. The lowest BCUT2D eigenvalue weighted by Gasteiger charge is -2.39. The highest BCUT2D eigenvalue weighted by Gasteiger charge is 2.36. The highest BCUT2D eigenvalue weighted by molar-refractivity contribution is 6.30. The lowest BCUT2D eigenvalue weighted by atomic mass is 9.90. The van der Waals surface area contributed by atoms with E-state index < -0.39 is 0 Å². The number of nitrogens with one attached hydrogen (secondary N) is 1. The van der Waals surface area contributed by atoms with E-state index in [1.54, 1.807) is 12.1 Å². The van der Waals surface area contributed by atoms with Crippen molar-refractivity contribution in [3.8, 4) is 5.75 Å². The maximum atomic E-state index is 13.4. The number of rotatable bonds is 5. The number of halogens is 1. The number of carbonyl (C=O) groups excluding carboxylic acids is 2. The fourth-order valence-electron chi connectivity index (χ4n) is 5.01. The number of hydrogen-bond acceptors (Lipinski definition) is 4. The van der Waals surface area contributed by atoms with Gasteiger partial charge in [0.15, 0.2) is 5.69 Å². The normalized spacial score (nSPS) is 21.0. The number of carbonyl (C=O) groups is 2. The summed E-state index contributed by atoms with van der Waals surface area (Å²) in [6.45, 7) is 2.64. The molecule has 7 nitrogen and oxygen atoms in total. The molecule has 2 aromatic carbocycles. The molecule has 0 bridgehead atoms. The van der Waals surface area contributed by atoms with Crippen molar-refractivity contribution in [2.24, 2.45) is 5.92 Å². The first-order valence-electron chi connectivity index (χ1n) is 12.0. The number of nitrogens with zero attached hydrogens (tertiary/aromatic N) is 3. The first-order valence-corrected chi connectivity index (χ1v) is 12.4. The van der Waals surface area contributed by atoms with Gasteiger partial charge in [0.2, 0.25) is 5.91 Å². The van der Waals surface area contributed by atoms with Gasteiger partial charge in [0.05, 0.1) is 5.52 Å². The average Bonchev–Trinajstić information content (AvgIpc) is 3.30. The van der Waals surface area contributed by atoms with E-state index in [4.69, 9.17) is 16.3 Å². The van der Waals surface area contributed by atoms with Crippen molar-refractivity contribution in [1.29, 1.82) is 0 Å². The minimum Gasteiger partial charge on any atom is -0.490 e. The molecule has 0 unspecified atom stereocenters. The minimum atomic E-state index is -0.158.